The highest BCUT2D eigenvalue weighted by atomic mass is 35.5. The van der Waals surface area contributed by atoms with Gasteiger partial charge in [-0.3, -0.25) is 14.5 Å². The Hall–Kier alpha value is -4.80. The lowest BCUT2D eigenvalue weighted by Gasteiger charge is -2.27. The van der Waals surface area contributed by atoms with Gasteiger partial charge in [0.1, 0.15) is 11.8 Å². The van der Waals surface area contributed by atoms with Gasteiger partial charge in [0.25, 0.3) is 11.8 Å². The van der Waals surface area contributed by atoms with E-state index in [1.54, 1.807) is 54.6 Å². The van der Waals surface area contributed by atoms with Crippen LogP contribution in [0, 0.1) is 11.6 Å². The number of nitrogens with two attached hydrogens (primary N) is 1. The maximum Gasteiger partial charge on any atom is 0.324 e. The molecular formula is C35H37ClF2N4O4. The largest absolute Gasteiger partial charge is 0.494 e. The summed E-state index contributed by atoms with van der Waals surface area (Å²) in [6, 6.07) is 24.5. The number of urea groups is 1. The predicted molar refractivity (Wildman–Crippen MR) is 175 cm³/mol. The fourth-order valence-corrected chi connectivity index (χ4v) is 4.66. The average Bonchev–Trinajstić information content (AvgIpc) is 3.06. The lowest BCUT2D eigenvalue weighted by molar-refractivity contribution is -0.130. The summed E-state index contributed by atoms with van der Waals surface area (Å²) in [6.45, 7) is 2.72. The molecule has 0 radical (unpaired) electrons. The third-order valence-electron chi connectivity index (χ3n) is 7.14. The quantitative estimate of drug-likeness (QED) is 0.175. The van der Waals surface area contributed by atoms with Crippen LogP contribution >= 0.6 is 12.4 Å². The minimum absolute atomic E-state index is 0. The van der Waals surface area contributed by atoms with E-state index in [1.165, 1.54) is 6.07 Å². The number of imide groups is 1. The van der Waals surface area contributed by atoms with Crippen LogP contribution in [-0.4, -0.2) is 41.9 Å². The van der Waals surface area contributed by atoms with Gasteiger partial charge in [-0.15, -0.1) is 12.4 Å². The molecule has 0 aliphatic rings. The van der Waals surface area contributed by atoms with E-state index < -0.39 is 35.5 Å². The molecule has 4 aromatic carbocycles. The van der Waals surface area contributed by atoms with Crippen molar-refractivity contribution in [3.8, 4) is 5.75 Å². The van der Waals surface area contributed by atoms with Crippen LogP contribution in [0.25, 0.3) is 0 Å². The molecule has 46 heavy (non-hydrogen) atoms. The van der Waals surface area contributed by atoms with Crippen LogP contribution in [-0.2, 0) is 30.7 Å². The van der Waals surface area contributed by atoms with Gasteiger partial charge in [-0.05, 0) is 72.0 Å². The molecule has 0 aromatic heterocycles. The van der Waals surface area contributed by atoms with Gasteiger partial charge >= 0.3 is 6.03 Å². The summed E-state index contributed by atoms with van der Waals surface area (Å²) in [5.41, 5.74) is 8.87. The third kappa shape index (κ3) is 10.1. The Balaban J connectivity index is 0.00000576. The summed E-state index contributed by atoms with van der Waals surface area (Å²) in [5.74, 6) is -2.51. The number of nitrogens with one attached hydrogen (secondary N) is 2. The average molecular weight is 651 g/mol. The number of carbonyl (C=O) groups is 3. The SMILES string of the molecule is CCOc1ccc(C[C@@H](NC(=O)c2ccccc2)C(=O)N(CCc2ccc(F)c(F)c2)C(=O)NCc2ccc(CN)cc2)cc1.Cl. The van der Waals surface area contributed by atoms with Gasteiger partial charge < -0.3 is 21.1 Å². The molecule has 0 aliphatic heterocycles. The van der Waals surface area contributed by atoms with Crippen molar-refractivity contribution in [2.24, 2.45) is 5.73 Å². The summed E-state index contributed by atoms with van der Waals surface area (Å²) >= 11 is 0. The Labute approximate surface area is 273 Å². The Morgan fingerprint density at radius 2 is 1.46 bits per heavy atom. The first-order chi connectivity index (χ1) is 21.8. The normalized spacial score (nSPS) is 11.1. The highest BCUT2D eigenvalue weighted by Crippen LogP contribution is 2.16. The van der Waals surface area contributed by atoms with Crippen LogP contribution in [0.15, 0.2) is 97.1 Å². The van der Waals surface area contributed by atoms with Gasteiger partial charge in [0.05, 0.1) is 6.61 Å². The summed E-state index contributed by atoms with van der Waals surface area (Å²) in [7, 11) is 0. The monoisotopic (exact) mass is 650 g/mol. The number of rotatable bonds is 13. The Bertz CT molecular complexity index is 1590. The molecule has 0 saturated heterocycles. The van der Waals surface area contributed by atoms with Gasteiger partial charge in [-0.25, -0.2) is 13.6 Å². The second-order valence-electron chi connectivity index (χ2n) is 10.3. The molecule has 4 amide bonds. The van der Waals surface area contributed by atoms with E-state index in [-0.39, 0.29) is 38.3 Å². The van der Waals surface area contributed by atoms with Crippen molar-refractivity contribution in [2.45, 2.75) is 38.9 Å². The second kappa shape index (κ2) is 17.6. The molecule has 242 valence electrons. The Kier molecular flexibility index (Phi) is 13.7. The molecule has 4 N–H and O–H groups in total. The first-order valence-electron chi connectivity index (χ1n) is 14.7. The molecule has 0 unspecified atom stereocenters. The van der Waals surface area contributed by atoms with E-state index in [0.29, 0.717) is 30.0 Å². The van der Waals surface area contributed by atoms with Crippen LogP contribution in [0.2, 0.25) is 0 Å². The molecule has 0 bridgehead atoms. The summed E-state index contributed by atoms with van der Waals surface area (Å²) in [6.07, 6.45) is 0.142. The molecule has 1 atom stereocenters. The smallest absolute Gasteiger partial charge is 0.324 e. The third-order valence-corrected chi connectivity index (χ3v) is 7.14. The molecule has 0 aliphatic carbocycles. The molecule has 0 heterocycles. The van der Waals surface area contributed by atoms with Crippen LogP contribution in [0.5, 0.6) is 5.75 Å². The molecule has 0 saturated carbocycles. The van der Waals surface area contributed by atoms with Crippen molar-refractivity contribution in [1.29, 1.82) is 0 Å². The minimum Gasteiger partial charge on any atom is -0.494 e. The number of halogens is 3. The molecule has 8 nitrogen and oxygen atoms in total. The van der Waals surface area contributed by atoms with Crippen LogP contribution in [0.4, 0.5) is 13.6 Å². The number of amides is 4. The lowest BCUT2D eigenvalue weighted by Crippen LogP contribution is -2.54. The second-order valence-corrected chi connectivity index (χ2v) is 10.3. The highest BCUT2D eigenvalue weighted by molar-refractivity contribution is 6.01. The van der Waals surface area contributed by atoms with E-state index in [0.717, 1.165) is 33.7 Å². The Morgan fingerprint density at radius 3 is 2.09 bits per heavy atom. The van der Waals surface area contributed by atoms with E-state index in [9.17, 15) is 23.2 Å². The fraction of sp³-hybridized carbons (Fsp3) is 0.229. The van der Waals surface area contributed by atoms with Crippen LogP contribution < -0.4 is 21.1 Å². The zero-order chi connectivity index (χ0) is 32.2. The topological polar surface area (TPSA) is 114 Å². The van der Waals surface area contributed by atoms with E-state index in [4.69, 9.17) is 10.5 Å². The van der Waals surface area contributed by atoms with Gasteiger partial charge in [0.15, 0.2) is 11.6 Å². The number of ether oxygens (including phenoxy) is 1. The maximum atomic E-state index is 14.1. The van der Waals surface area contributed by atoms with E-state index in [2.05, 4.69) is 10.6 Å². The van der Waals surface area contributed by atoms with Crippen LogP contribution in [0.3, 0.4) is 0 Å². The minimum atomic E-state index is -1.13. The molecule has 4 rings (SSSR count). The molecule has 0 spiro atoms. The molecule has 4 aromatic rings. The number of hydrogen-bond donors (Lipinski definition) is 3. The Morgan fingerprint density at radius 1 is 0.826 bits per heavy atom. The fourth-order valence-electron chi connectivity index (χ4n) is 4.66. The summed E-state index contributed by atoms with van der Waals surface area (Å²) in [5, 5.41) is 5.57. The summed E-state index contributed by atoms with van der Waals surface area (Å²) in [4.78, 5) is 41.9. The van der Waals surface area contributed by atoms with Crippen molar-refractivity contribution in [1.82, 2.24) is 15.5 Å². The van der Waals surface area contributed by atoms with E-state index >= 15 is 0 Å². The van der Waals surface area contributed by atoms with Gasteiger partial charge in [-0.2, -0.15) is 0 Å². The van der Waals surface area contributed by atoms with Crippen molar-refractivity contribution in [3.05, 3.63) is 137 Å². The number of hydrogen-bond acceptors (Lipinski definition) is 5. The number of carbonyl (C=O) groups excluding carboxylic acids is 3. The number of benzene rings is 4. The lowest BCUT2D eigenvalue weighted by atomic mass is 10.0. The van der Waals surface area contributed by atoms with Crippen molar-refractivity contribution >= 4 is 30.3 Å². The van der Waals surface area contributed by atoms with Gasteiger partial charge in [-0.1, -0.05) is 60.7 Å². The maximum absolute atomic E-state index is 14.1. The van der Waals surface area contributed by atoms with Crippen molar-refractivity contribution < 1.29 is 27.9 Å². The standard InChI is InChI=1S/C35H36F2N4O4.ClH/c1-2-45-29-15-12-24(13-16-29)21-32(40-33(42)28-6-4-3-5-7-28)34(43)41(19-18-25-14-17-30(36)31(37)20-25)35(44)39-23-27-10-8-26(22-38)9-11-27;/h3-17,20,32H,2,18-19,21-23,38H2,1H3,(H,39,44)(H,40,42);1H/t32-;/m1./s1. The number of nitrogens with zero attached hydrogens (tertiary/aromatic N) is 1. The van der Waals surface area contributed by atoms with Crippen molar-refractivity contribution in [2.75, 3.05) is 13.2 Å². The van der Waals surface area contributed by atoms with Crippen LogP contribution in [0.1, 0.15) is 39.5 Å². The summed E-state index contributed by atoms with van der Waals surface area (Å²) < 4.78 is 33.0. The zero-order valence-electron chi connectivity index (χ0n) is 25.4. The first-order valence-corrected chi connectivity index (χ1v) is 14.7. The molecular weight excluding hydrogens is 614 g/mol. The highest BCUT2D eigenvalue weighted by Gasteiger charge is 2.30. The molecule has 0 fully saturated rings. The van der Waals surface area contributed by atoms with E-state index in [1.807, 2.05) is 31.2 Å². The first kappa shape index (κ1) is 35.7. The molecule has 11 heteroatoms. The van der Waals surface area contributed by atoms with Gasteiger partial charge in [0, 0.05) is 31.6 Å². The van der Waals surface area contributed by atoms with Gasteiger partial charge in [0.2, 0.25) is 0 Å². The van der Waals surface area contributed by atoms with Crippen molar-refractivity contribution in [3.63, 3.8) is 0 Å². The zero-order valence-corrected chi connectivity index (χ0v) is 26.2. The predicted octanol–water partition coefficient (Wildman–Crippen LogP) is 5.57.